The zero-order valence-electron chi connectivity index (χ0n) is 18.0. The highest BCUT2D eigenvalue weighted by Crippen LogP contribution is 2.23. The minimum absolute atomic E-state index is 0. The first kappa shape index (κ1) is 24.8. The van der Waals surface area contributed by atoms with E-state index in [1.54, 1.807) is 37.4 Å². The fourth-order valence-electron chi connectivity index (χ4n) is 2.94. The van der Waals surface area contributed by atoms with Gasteiger partial charge in [-0.25, -0.2) is 4.98 Å². The molecule has 0 unspecified atom stereocenters. The lowest BCUT2D eigenvalue weighted by atomic mass is 10.1. The number of hydrogen-bond acceptors (Lipinski definition) is 4. The summed E-state index contributed by atoms with van der Waals surface area (Å²) in [6.45, 7) is 1.32. The maximum atomic E-state index is 12.1. The number of aliphatic imine (C=N–C) groups is 1. The Kier molecular flexibility index (Phi) is 9.93. The van der Waals surface area contributed by atoms with E-state index in [0.717, 1.165) is 34.2 Å². The maximum absolute atomic E-state index is 12.1. The quantitative estimate of drug-likeness (QED) is 0.265. The molecule has 0 saturated carbocycles. The molecule has 0 spiro atoms. The molecule has 2 N–H and O–H groups in total. The second-order valence-corrected chi connectivity index (χ2v) is 7.87. The minimum atomic E-state index is 0. The summed E-state index contributed by atoms with van der Waals surface area (Å²) in [4.78, 5) is 22.7. The number of carbonyl (C=O) groups excluding carboxylic acids is 1. The number of nitrogens with zero attached hydrogens (tertiary/aromatic N) is 3. The van der Waals surface area contributed by atoms with Crippen LogP contribution in [-0.4, -0.2) is 49.4 Å². The number of aromatic nitrogens is 1. The maximum Gasteiger partial charge on any atom is 0.253 e. The van der Waals surface area contributed by atoms with Crippen molar-refractivity contribution in [3.8, 4) is 10.6 Å². The van der Waals surface area contributed by atoms with Gasteiger partial charge in [-0.15, -0.1) is 35.3 Å². The van der Waals surface area contributed by atoms with E-state index in [4.69, 9.17) is 4.98 Å². The molecular weight excluding hydrogens is 521 g/mol. The van der Waals surface area contributed by atoms with Gasteiger partial charge in [0, 0.05) is 44.2 Å². The summed E-state index contributed by atoms with van der Waals surface area (Å²) in [6.07, 6.45) is 0.796. The Hall–Kier alpha value is -2.46. The summed E-state index contributed by atoms with van der Waals surface area (Å²) in [7, 11) is 5.27. The van der Waals surface area contributed by atoms with Gasteiger partial charge in [-0.2, -0.15) is 0 Å². The van der Waals surface area contributed by atoms with Crippen molar-refractivity contribution in [3.05, 3.63) is 76.8 Å². The van der Waals surface area contributed by atoms with Crippen molar-refractivity contribution in [2.45, 2.75) is 13.0 Å². The van der Waals surface area contributed by atoms with E-state index in [-0.39, 0.29) is 29.9 Å². The number of nitrogens with one attached hydrogen (secondary N) is 2. The van der Waals surface area contributed by atoms with Crippen molar-refractivity contribution in [2.75, 3.05) is 27.7 Å². The fraction of sp³-hybridized carbons (Fsp3) is 0.261. The number of guanidine groups is 1. The van der Waals surface area contributed by atoms with Crippen LogP contribution in [0, 0.1) is 0 Å². The van der Waals surface area contributed by atoms with Crippen molar-refractivity contribution in [1.82, 2.24) is 20.5 Å². The average Bonchev–Trinajstić information content (AvgIpc) is 3.25. The highest BCUT2D eigenvalue weighted by molar-refractivity contribution is 14.0. The van der Waals surface area contributed by atoms with E-state index < -0.39 is 0 Å². The molecule has 0 aliphatic carbocycles. The van der Waals surface area contributed by atoms with Crippen molar-refractivity contribution in [1.29, 1.82) is 0 Å². The summed E-state index contributed by atoms with van der Waals surface area (Å²) >= 11 is 1.64. The Labute approximate surface area is 204 Å². The molecular formula is C23H28IN5OS. The molecule has 0 saturated heterocycles. The molecule has 1 amide bonds. The standard InChI is InChI=1S/C23H27N5OS.HI/c1-24-23(25-13-12-17-8-7-11-19(14-17)22(29)28(2)3)26-15-20-16-30-21(27-20)18-9-5-4-6-10-18;/h4-11,14,16H,12-13,15H2,1-3H3,(H2,24,25,26);1H. The Bertz CT molecular complexity index is 1000. The van der Waals surface area contributed by atoms with Gasteiger partial charge in [-0.05, 0) is 24.1 Å². The topological polar surface area (TPSA) is 69.6 Å². The Morgan fingerprint density at radius 3 is 2.58 bits per heavy atom. The molecule has 0 atom stereocenters. The Morgan fingerprint density at radius 2 is 1.87 bits per heavy atom. The summed E-state index contributed by atoms with van der Waals surface area (Å²) in [5, 5.41) is 9.70. The number of hydrogen-bond donors (Lipinski definition) is 2. The van der Waals surface area contributed by atoms with Gasteiger partial charge >= 0.3 is 0 Å². The molecule has 1 aromatic heterocycles. The van der Waals surface area contributed by atoms with Crippen LogP contribution in [0.25, 0.3) is 10.6 Å². The Balaban J connectivity index is 0.00000341. The lowest BCUT2D eigenvalue weighted by Gasteiger charge is -2.13. The summed E-state index contributed by atoms with van der Waals surface area (Å²) in [5.74, 6) is 0.741. The first-order valence-electron chi connectivity index (χ1n) is 9.81. The summed E-state index contributed by atoms with van der Waals surface area (Å²) in [6, 6.07) is 17.9. The van der Waals surface area contributed by atoms with E-state index in [9.17, 15) is 4.79 Å². The molecule has 31 heavy (non-hydrogen) atoms. The molecule has 0 bridgehead atoms. The molecule has 164 valence electrons. The van der Waals surface area contributed by atoms with Crippen LogP contribution in [0.1, 0.15) is 21.6 Å². The normalized spacial score (nSPS) is 10.9. The van der Waals surface area contributed by atoms with Crippen LogP contribution < -0.4 is 10.6 Å². The molecule has 0 aliphatic heterocycles. The predicted molar refractivity (Wildman–Crippen MR) is 139 cm³/mol. The van der Waals surface area contributed by atoms with Gasteiger partial charge in [0.2, 0.25) is 0 Å². The number of amides is 1. The van der Waals surface area contributed by atoms with Gasteiger partial charge in [-0.1, -0.05) is 42.5 Å². The van der Waals surface area contributed by atoms with Gasteiger partial charge in [0.25, 0.3) is 5.91 Å². The van der Waals surface area contributed by atoms with Crippen molar-refractivity contribution in [3.63, 3.8) is 0 Å². The summed E-state index contributed by atoms with van der Waals surface area (Å²) in [5.41, 5.74) is 3.93. The number of rotatable bonds is 7. The molecule has 1 heterocycles. The van der Waals surface area contributed by atoms with Crippen LogP contribution in [-0.2, 0) is 13.0 Å². The third-order valence-corrected chi connectivity index (χ3v) is 5.46. The minimum Gasteiger partial charge on any atom is -0.356 e. The SMILES string of the molecule is CN=C(NCCc1cccc(C(=O)N(C)C)c1)NCc1csc(-c2ccccc2)n1.I. The Morgan fingerprint density at radius 1 is 1.10 bits per heavy atom. The molecule has 3 rings (SSSR count). The first-order chi connectivity index (χ1) is 14.6. The van der Waals surface area contributed by atoms with Gasteiger partial charge in [0.15, 0.2) is 5.96 Å². The highest BCUT2D eigenvalue weighted by Gasteiger charge is 2.08. The second-order valence-electron chi connectivity index (χ2n) is 7.01. The third kappa shape index (κ3) is 7.32. The van der Waals surface area contributed by atoms with Crippen LogP contribution in [0.15, 0.2) is 65.0 Å². The van der Waals surface area contributed by atoms with E-state index >= 15 is 0 Å². The van der Waals surface area contributed by atoms with Crippen LogP contribution in [0.4, 0.5) is 0 Å². The third-order valence-electron chi connectivity index (χ3n) is 4.52. The van der Waals surface area contributed by atoms with Crippen molar-refractivity contribution < 1.29 is 4.79 Å². The second kappa shape index (κ2) is 12.4. The zero-order chi connectivity index (χ0) is 21.3. The van der Waals surface area contributed by atoms with Crippen molar-refractivity contribution >= 4 is 47.2 Å². The van der Waals surface area contributed by atoms with Gasteiger partial charge < -0.3 is 15.5 Å². The molecule has 8 heteroatoms. The van der Waals surface area contributed by atoms with E-state index in [1.807, 2.05) is 42.5 Å². The smallest absolute Gasteiger partial charge is 0.253 e. The number of halogens is 1. The van der Waals surface area contributed by atoms with Crippen LogP contribution >= 0.6 is 35.3 Å². The highest BCUT2D eigenvalue weighted by atomic mass is 127. The molecule has 0 fully saturated rings. The predicted octanol–water partition coefficient (Wildman–Crippen LogP) is 4.04. The average molecular weight is 549 g/mol. The lowest BCUT2D eigenvalue weighted by molar-refractivity contribution is 0.0827. The molecule has 3 aromatic rings. The van der Waals surface area contributed by atoms with Crippen LogP contribution in [0.3, 0.4) is 0 Å². The van der Waals surface area contributed by atoms with E-state index in [0.29, 0.717) is 18.7 Å². The number of carbonyl (C=O) groups is 1. The lowest BCUT2D eigenvalue weighted by Crippen LogP contribution is -2.37. The monoisotopic (exact) mass is 549 g/mol. The molecule has 0 aliphatic rings. The molecule has 0 radical (unpaired) electrons. The fourth-order valence-corrected chi connectivity index (χ4v) is 3.77. The molecule has 6 nitrogen and oxygen atoms in total. The van der Waals surface area contributed by atoms with Gasteiger partial charge in [0.05, 0.1) is 12.2 Å². The number of thiazole rings is 1. The van der Waals surface area contributed by atoms with E-state index in [1.165, 1.54) is 0 Å². The van der Waals surface area contributed by atoms with Crippen LogP contribution in [0.2, 0.25) is 0 Å². The van der Waals surface area contributed by atoms with Gasteiger partial charge in [0.1, 0.15) is 5.01 Å². The zero-order valence-corrected chi connectivity index (χ0v) is 21.1. The van der Waals surface area contributed by atoms with Crippen molar-refractivity contribution in [2.24, 2.45) is 4.99 Å². The summed E-state index contributed by atoms with van der Waals surface area (Å²) < 4.78 is 0. The first-order valence-corrected chi connectivity index (χ1v) is 10.7. The number of benzene rings is 2. The molecule has 2 aromatic carbocycles. The largest absolute Gasteiger partial charge is 0.356 e. The van der Waals surface area contributed by atoms with Crippen LogP contribution in [0.5, 0.6) is 0 Å². The van der Waals surface area contributed by atoms with E-state index in [2.05, 4.69) is 33.1 Å². The van der Waals surface area contributed by atoms with Gasteiger partial charge in [-0.3, -0.25) is 9.79 Å².